The molecule has 1 heterocycles. The third kappa shape index (κ3) is 3.79. The Morgan fingerprint density at radius 2 is 1.67 bits per heavy atom. The van der Waals surface area contributed by atoms with Gasteiger partial charge in [0, 0.05) is 6.54 Å². The number of nitrogens with one attached hydrogen (secondary N) is 1. The van der Waals surface area contributed by atoms with Crippen molar-refractivity contribution in [2.24, 2.45) is 0 Å². The summed E-state index contributed by atoms with van der Waals surface area (Å²) in [5.74, 6) is 0.0404. The van der Waals surface area contributed by atoms with Gasteiger partial charge in [-0.1, -0.05) is 31.9 Å². The first-order valence-corrected chi connectivity index (χ1v) is 6.94. The number of halogens is 2. The first-order chi connectivity index (χ1) is 8.56. The molecule has 1 atom stereocenters. The molecular formula is C11H9Br2NO4. The van der Waals surface area contributed by atoms with Crippen molar-refractivity contribution in [1.29, 1.82) is 0 Å². The molecule has 1 aliphatic heterocycles. The number of esters is 2. The first kappa shape index (κ1) is 13.5. The molecule has 0 saturated carbocycles. The van der Waals surface area contributed by atoms with Gasteiger partial charge in [0.1, 0.15) is 17.5 Å². The summed E-state index contributed by atoms with van der Waals surface area (Å²) in [6.07, 6.45) is 0. The van der Waals surface area contributed by atoms with Crippen molar-refractivity contribution < 1.29 is 19.1 Å². The summed E-state index contributed by atoms with van der Waals surface area (Å²) in [6, 6.07) is 6.07. The maximum atomic E-state index is 11.3. The van der Waals surface area contributed by atoms with E-state index in [-0.39, 0.29) is 12.0 Å². The van der Waals surface area contributed by atoms with Crippen LogP contribution in [0.2, 0.25) is 0 Å². The minimum atomic E-state index is -0.552. The van der Waals surface area contributed by atoms with E-state index in [2.05, 4.69) is 37.2 Å². The summed E-state index contributed by atoms with van der Waals surface area (Å²) in [4.78, 5) is 22.6. The molecule has 1 aromatic rings. The van der Waals surface area contributed by atoms with Crippen molar-refractivity contribution in [2.75, 3.05) is 6.54 Å². The van der Waals surface area contributed by atoms with E-state index < -0.39 is 9.71 Å². The van der Waals surface area contributed by atoms with Crippen LogP contribution in [-0.2, 0) is 9.59 Å². The topological polar surface area (TPSA) is 74.5 Å². The number of carbonyl (C=O) groups is 2. The van der Waals surface area contributed by atoms with Crippen molar-refractivity contribution >= 4 is 43.8 Å². The Balaban J connectivity index is 1.92. The summed E-state index contributed by atoms with van der Waals surface area (Å²) in [5.41, 5.74) is 0. The lowest BCUT2D eigenvalue weighted by molar-refractivity contribution is -0.134. The van der Waals surface area contributed by atoms with Gasteiger partial charge in [-0.05, 0) is 24.3 Å². The lowest BCUT2D eigenvalue weighted by Gasteiger charge is -2.06. The lowest BCUT2D eigenvalue weighted by atomic mass is 10.3. The van der Waals surface area contributed by atoms with Gasteiger partial charge in [0.05, 0.1) is 0 Å². The number of carbonyl (C=O) groups excluding carboxylic acids is 2. The highest BCUT2D eigenvalue weighted by Crippen LogP contribution is 2.20. The number of alkyl halides is 2. The molecule has 0 amide bonds. The van der Waals surface area contributed by atoms with E-state index >= 15 is 0 Å². The molecule has 1 saturated heterocycles. The number of hydrogen-bond donors (Lipinski definition) is 1. The zero-order valence-corrected chi connectivity index (χ0v) is 12.2. The van der Waals surface area contributed by atoms with E-state index in [4.69, 9.17) is 9.47 Å². The fourth-order valence-corrected chi connectivity index (χ4v) is 1.34. The summed E-state index contributed by atoms with van der Waals surface area (Å²) in [5, 5.41) is 2.85. The van der Waals surface area contributed by atoms with Crippen molar-refractivity contribution in [3.63, 3.8) is 0 Å². The van der Waals surface area contributed by atoms with Gasteiger partial charge >= 0.3 is 11.9 Å². The van der Waals surface area contributed by atoms with Crippen LogP contribution in [0.25, 0.3) is 0 Å². The number of rotatable bonds is 4. The van der Waals surface area contributed by atoms with E-state index in [9.17, 15) is 9.59 Å². The predicted octanol–water partition coefficient (Wildman–Crippen LogP) is 1.59. The van der Waals surface area contributed by atoms with Gasteiger partial charge in [0.25, 0.3) is 0 Å². The highest BCUT2D eigenvalue weighted by molar-refractivity contribution is 9.25. The molecule has 2 rings (SSSR count). The molecule has 1 aromatic carbocycles. The van der Waals surface area contributed by atoms with Crippen LogP contribution in [0.1, 0.15) is 0 Å². The van der Waals surface area contributed by atoms with E-state index in [1.54, 1.807) is 24.3 Å². The molecule has 96 valence electrons. The Morgan fingerprint density at radius 1 is 1.17 bits per heavy atom. The maximum absolute atomic E-state index is 11.3. The minimum Gasteiger partial charge on any atom is -0.425 e. The Labute approximate surface area is 120 Å². The Hall–Kier alpha value is -0.920. The van der Waals surface area contributed by atoms with Crippen LogP contribution < -0.4 is 14.8 Å². The van der Waals surface area contributed by atoms with E-state index in [0.717, 1.165) is 0 Å². The maximum Gasteiger partial charge on any atom is 0.336 e. The average Bonchev–Trinajstić information content (AvgIpc) is 3.15. The van der Waals surface area contributed by atoms with Gasteiger partial charge in [-0.3, -0.25) is 0 Å². The van der Waals surface area contributed by atoms with Crippen LogP contribution in [0.5, 0.6) is 11.5 Å². The Kier molecular flexibility index (Phi) is 4.36. The van der Waals surface area contributed by atoms with Crippen LogP contribution >= 0.6 is 31.9 Å². The third-order valence-corrected chi connectivity index (χ3v) is 2.88. The molecule has 7 heteroatoms. The van der Waals surface area contributed by atoms with E-state index in [1.807, 2.05) is 0 Å². The molecule has 5 nitrogen and oxygen atoms in total. The van der Waals surface area contributed by atoms with Crippen LogP contribution in [0, 0.1) is 0 Å². The summed E-state index contributed by atoms with van der Waals surface area (Å²) in [6.45, 7) is 0.659. The summed E-state index contributed by atoms with van der Waals surface area (Å²) < 4.78 is 9.54. The molecule has 0 aromatic heterocycles. The number of benzene rings is 1. The zero-order chi connectivity index (χ0) is 13.1. The zero-order valence-electron chi connectivity index (χ0n) is 9.06. The van der Waals surface area contributed by atoms with Crippen LogP contribution in [0.15, 0.2) is 24.3 Å². The number of hydrogen-bond acceptors (Lipinski definition) is 5. The van der Waals surface area contributed by atoms with E-state index in [0.29, 0.717) is 18.0 Å². The Morgan fingerprint density at radius 3 is 2.11 bits per heavy atom. The molecule has 0 spiro atoms. The molecular weight excluding hydrogens is 370 g/mol. The predicted molar refractivity (Wildman–Crippen MR) is 71.1 cm³/mol. The second kappa shape index (κ2) is 5.81. The molecule has 1 fully saturated rings. The second-order valence-electron chi connectivity index (χ2n) is 3.58. The summed E-state index contributed by atoms with van der Waals surface area (Å²) >= 11 is 6.07. The third-order valence-electron chi connectivity index (χ3n) is 2.13. The molecule has 1 aliphatic rings. The minimum absolute atomic E-state index is 0.190. The SMILES string of the molecule is O=C(Oc1ccc(OC(=O)C2CN2)cc1)C(Br)Br. The average molecular weight is 379 g/mol. The van der Waals surface area contributed by atoms with Crippen LogP contribution in [0.4, 0.5) is 0 Å². The fraction of sp³-hybridized carbons (Fsp3) is 0.273. The van der Waals surface area contributed by atoms with Crippen LogP contribution in [0.3, 0.4) is 0 Å². The quantitative estimate of drug-likeness (QED) is 0.372. The van der Waals surface area contributed by atoms with Gasteiger partial charge in [-0.2, -0.15) is 0 Å². The van der Waals surface area contributed by atoms with Crippen molar-refractivity contribution in [3.8, 4) is 11.5 Å². The fourth-order valence-electron chi connectivity index (χ4n) is 1.15. The normalized spacial score (nSPS) is 17.4. The van der Waals surface area contributed by atoms with Gasteiger partial charge in [0.2, 0.25) is 0 Å². The molecule has 0 aliphatic carbocycles. The highest BCUT2D eigenvalue weighted by atomic mass is 79.9. The standard InChI is InChI=1S/C11H9Br2NO4/c12-9(13)11(16)18-7-3-1-6(2-4-7)17-10(15)8-5-14-8/h1-4,8-9,14H,5H2. The first-order valence-electron chi connectivity index (χ1n) is 5.11. The van der Waals surface area contributed by atoms with Gasteiger partial charge in [-0.25, -0.2) is 9.59 Å². The second-order valence-corrected chi connectivity index (χ2v) is 6.64. The largest absolute Gasteiger partial charge is 0.425 e. The molecule has 0 radical (unpaired) electrons. The molecule has 1 unspecified atom stereocenters. The smallest absolute Gasteiger partial charge is 0.336 e. The van der Waals surface area contributed by atoms with Crippen molar-refractivity contribution in [2.45, 2.75) is 9.78 Å². The van der Waals surface area contributed by atoms with Gasteiger partial charge in [0.15, 0.2) is 3.74 Å². The monoisotopic (exact) mass is 377 g/mol. The van der Waals surface area contributed by atoms with Crippen molar-refractivity contribution in [1.82, 2.24) is 5.32 Å². The highest BCUT2D eigenvalue weighted by Gasteiger charge is 2.30. The Bertz CT molecular complexity index is 422. The van der Waals surface area contributed by atoms with E-state index in [1.165, 1.54) is 0 Å². The molecule has 0 bridgehead atoms. The van der Waals surface area contributed by atoms with Gasteiger partial charge < -0.3 is 14.8 Å². The molecule has 1 N–H and O–H groups in total. The number of ether oxygens (including phenoxy) is 2. The van der Waals surface area contributed by atoms with Crippen LogP contribution in [-0.4, -0.2) is 28.3 Å². The van der Waals surface area contributed by atoms with Gasteiger partial charge in [-0.15, -0.1) is 0 Å². The van der Waals surface area contributed by atoms with Crippen molar-refractivity contribution in [3.05, 3.63) is 24.3 Å². The lowest BCUT2D eigenvalue weighted by Crippen LogP contribution is -2.17. The summed E-state index contributed by atoms with van der Waals surface area (Å²) in [7, 11) is 0. The molecule has 18 heavy (non-hydrogen) atoms.